The molecule has 3 heterocycles. The van der Waals surface area contributed by atoms with Crippen LogP contribution in [-0.2, 0) is 0 Å². The van der Waals surface area contributed by atoms with Gasteiger partial charge in [-0.3, -0.25) is 4.98 Å². The Morgan fingerprint density at radius 1 is 1.23 bits per heavy atom. The van der Waals surface area contributed by atoms with Crippen LogP contribution in [0.3, 0.4) is 0 Å². The van der Waals surface area contributed by atoms with E-state index in [4.69, 9.17) is 4.74 Å². The maximum Gasteiger partial charge on any atom is 0.318 e. The van der Waals surface area contributed by atoms with E-state index >= 15 is 0 Å². The van der Waals surface area contributed by atoms with E-state index in [-0.39, 0.29) is 17.7 Å². The Kier molecular flexibility index (Phi) is 3.98. The van der Waals surface area contributed by atoms with E-state index in [1.54, 1.807) is 12.4 Å². The number of amides is 2. The van der Waals surface area contributed by atoms with Gasteiger partial charge in [0.2, 0.25) is 0 Å². The van der Waals surface area contributed by atoms with Crippen LogP contribution in [-0.4, -0.2) is 39.6 Å². The van der Waals surface area contributed by atoms with Crippen LogP contribution in [0, 0.1) is 0 Å². The van der Waals surface area contributed by atoms with Gasteiger partial charge in [0.1, 0.15) is 11.9 Å². The van der Waals surface area contributed by atoms with Crippen molar-refractivity contribution in [3.8, 4) is 5.75 Å². The lowest BCUT2D eigenvalue weighted by molar-refractivity contribution is 0.0666. The highest BCUT2D eigenvalue weighted by molar-refractivity contribution is 5.76. The molecule has 0 saturated carbocycles. The van der Waals surface area contributed by atoms with E-state index in [1.165, 1.54) is 0 Å². The third kappa shape index (κ3) is 3.34. The third-order valence-corrected chi connectivity index (χ3v) is 4.36. The van der Waals surface area contributed by atoms with Crippen LogP contribution in [0.15, 0.2) is 24.5 Å². The molecule has 5 heteroatoms. The number of aromatic nitrogens is 1. The number of rotatable bonds is 2. The molecule has 1 N–H and O–H groups in total. The Balaban J connectivity index is 1.63. The Bertz CT molecular complexity index is 512. The average Bonchev–Trinajstić information content (AvgIpc) is 2.70. The molecule has 3 rings (SSSR count). The second-order valence-electron chi connectivity index (χ2n) is 7.37. The predicted molar refractivity (Wildman–Crippen MR) is 84.8 cm³/mol. The molecule has 22 heavy (non-hydrogen) atoms. The van der Waals surface area contributed by atoms with Crippen molar-refractivity contribution in [3.05, 3.63) is 24.5 Å². The van der Waals surface area contributed by atoms with Crippen molar-refractivity contribution < 1.29 is 9.53 Å². The summed E-state index contributed by atoms with van der Waals surface area (Å²) in [6.45, 7) is 6.06. The SMILES string of the molecule is CC(C)(C)NC(=O)N1C2CCC1CC(Oc1ccncc1)C2. The molecule has 1 aromatic rings. The number of carbonyl (C=O) groups excluding carboxylic acids is 1. The first-order valence-electron chi connectivity index (χ1n) is 8.09. The summed E-state index contributed by atoms with van der Waals surface area (Å²) in [6, 6.07) is 4.45. The minimum Gasteiger partial charge on any atom is -0.490 e. The molecule has 2 bridgehead atoms. The lowest BCUT2D eigenvalue weighted by atomic mass is 9.99. The van der Waals surface area contributed by atoms with E-state index in [1.807, 2.05) is 32.9 Å². The number of ether oxygens (including phenoxy) is 1. The second kappa shape index (κ2) is 5.78. The molecule has 2 unspecified atom stereocenters. The van der Waals surface area contributed by atoms with Crippen LogP contribution >= 0.6 is 0 Å². The molecule has 0 spiro atoms. The first-order valence-corrected chi connectivity index (χ1v) is 8.09. The van der Waals surface area contributed by atoms with Crippen molar-refractivity contribution >= 4 is 6.03 Å². The summed E-state index contributed by atoms with van der Waals surface area (Å²) in [7, 11) is 0. The van der Waals surface area contributed by atoms with Gasteiger partial charge in [0.25, 0.3) is 0 Å². The van der Waals surface area contributed by atoms with Crippen molar-refractivity contribution in [3.63, 3.8) is 0 Å². The molecule has 0 aliphatic carbocycles. The van der Waals surface area contributed by atoms with Gasteiger partial charge in [-0.25, -0.2) is 4.79 Å². The monoisotopic (exact) mass is 303 g/mol. The summed E-state index contributed by atoms with van der Waals surface area (Å²) in [5, 5.41) is 3.09. The first kappa shape index (κ1) is 15.1. The van der Waals surface area contributed by atoms with Crippen LogP contribution in [0.4, 0.5) is 4.79 Å². The number of nitrogens with one attached hydrogen (secondary N) is 1. The minimum atomic E-state index is -0.194. The molecular weight excluding hydrogens is 278 g/mol. The van der Waals surface area contributed by atoms with Crippen molar-refractivity contribution in [2.75, 3.05) is 0 Å². The summed E-state index contributed by atoms with van der Waals surface area (Å²) in [5.74, 6) is 0.868. The zero-order valence-corrected chi connectivity index (χ0v) is 13.6. The second-order valence-corrected chi connectivity index (χ2v) is 7.37. The molecule has 2 fully saturated rings. The average molecular weight is 303 g/mol. The lowest BCUT2D eigenvalue weighted by Gasteiger charge is -2.40. The summed E-state index contributed by atoms with van der Waals surface area (Å²) in [5.41, 5.74) is -0.194. The molecule has 2 aliphatic rings. The van der Waals surface area contributed by atoms with Crippen LogP contribution < -0.4 is 10.1 Å². The van der Waals surface area contributed by atoms with Gasteiger partial charge in [-0.2, -0.15) is 0 Å². The molecule has 0 radical (unpaired) electrons. The normalized spacial score (nSPS) is 27.6. The fourth-order valence-electron chi connectivity index (χ4n) is 3.55. The van der Waals surface area contributed by atoms with Gasteiger partial charge in [0.15, 0.2) is 0 Å². The molecule has 5 nitrogen and oxygen atoms in total. The molecular formula is C17H25N3O2. The van der Waals surface area contributed by atoms with Gasteiger partial charge in [0.05, 0.1) is 0 Å². The van der Waals surface area contributed by atoms with Gasteiger partial charge in [-0.15, -0.1) is 0 Å². The van der Waals surface area contributed by atoms with Crippen molar-refractivity contribution in [1.82, 2.24) is 15.2 Å². The topological polar surface area (TPSA) is 54.5 Å². The number of carbonyl (C=O) groups is 1. The molecule has 2 amide bonds. The lowest BCUT2D eigenvalue weighted by Crippen LogP contribution is -2.56. The maximum atomic E-state index is 12.5. The Labute approximate surface area is 132 Å². The smallest absolute Gasteiger partial charge is 0.318 e. The highest BCUT2D eigenvalue weighted by Gasteiger charge is 2.44. The van der Waals surface area contributed by atoms with E-state index in [0.29, 0.717) is 12.1 Å². The zero-order valence-electron chi connectivity index (χ0n) is 13.6. The molecule has 2 aliphatic heterocycles. The molecule has 120 valence electrons. The summed E-state index contributed by atoms with van der Waals surface area (Å²) in [6.07, 6.45) is 7.67. The van der Waals surface area contributed by atoms with Crippen molar-refractivity contribution in [2.45, 2.75) is 70.2 Å². The fourth-order valence-corrected chi connectivity index (χ4v) is 3.55. The molecule has 0 aromatic carbocycles. The highest BCUT2D eigenvalue weighted by Crippen LogP contribution is 2.37. The Hall–Kier alpha value is -1.78. The standard InChI is InChI=1S/C17H25N3O2/c1-17(2,3)19-16(21)20-12-4-5-13(20)11-15(10-12)22-14-6-8-18-9-7-14/h6-9,12-13,15H,4-5,10-11H2,1-3H3,(H,19,21). The van der Waals surface area contributed by atoms with E-state index in [9.17, 15) is 4.79 Å². The minimum absolute atomic E-state index is 0.0716. The number of hydrogen-bond donors (Lipinski definition) is 1. The number of urea groups is 1. The van der Waals surface area contributed by atoms with Gasteiger partial charge >= 0.3 is 6.03 Å². The number of piperidine rings is 1. The van der Waals surface area contributed by atoms with E-state index in [0.717, 1.165) is 31.4 Å². The first-order chi connectivity index (χ1) is 10.4. The quantitative estimate of drug-likeness (QED) is 0.914. The predicted octanol–water partition coefficient (Wildman–Crippen LogP) is 2.96. The maximum absolute atomic E-state index is 12.5. The number of nitrogens with zero attached hydrogens (tertiary/aromatic N) is 2. The van der Waals surface area contributed by atoms with Gasteiger partial charge in [-0.1, -0.05) is 0 Å². The zero-order chi connectivity index (χ0) is 15.7. The Morgan fingerprint density at radius 3 is 2.36 bits per heavy atom. The molecule has 2 saturated heterocycles. The molecule has 2 atom stereocenters. The summed E-state index contributed by atoms with van der Waals surface area (Å²) < 4.78 is 6.07. The highest BCUT2D eigenvalue weighted by atomic mass is 16.5. The number of hydrogen-bond acceptors (Lipinski definition) is 3. The van der Waals surface area contributed by atoms with Gasteiger partial charge < -0.3 is 15.0 Å². The third-order valence-electron chi connectivity index (χ3n) is 4.36. The molecule has 1 aromatic heterocycles. The van der Waals surface area contributed by atoms with Crippen LogP contribution in [0.25, 0.3) is 0 Å². The Morgan fingerprint density at radius 2 is 1.82 bits per heavy atom. The van der Waals surface area contributed by atoms with Gasteiger partial charge in [-0.05, 0) is 45.7 Å². The fraction of sp³-hybridized carbons (Fsp3) is 0.647. The summed E-state index contributed by atoms with van der Waals surface area (Å²) >= 11 is 0. The van der Waals surface area contributed by atoms with Crippen molar-refractivity contribution in [1.29, 1.82) is 0 Å². The number of fused-ring (bicyclic) bond motifs is 2. The van der Waals surface area contributed by atoms with E-state index in [2.05, 4.69) is 15.2 Å². The van der Waals surface area contributed by atoms with Gasteiger partial charge in [0, 0.05) is 42.9 Å². The van der Waals surface area contributed by atoms with Crippen LogP contribution in [0.1, 0.15) is 46.5 Å². The largest absolute Gasteiger partial charge is 0.490 e. The van der Waals surface area contributed by atoms with E-state index < -0.39 is 0 Å². The summed E-state index contributed by atoms with van der Waals surface area (Å²) in [4.78, 5) is 18.6. The van der Waals surface area contributed by atoms with Crippen LogP contribution in [0.2, 0.25) is 0 Å². The number of pyridine rings is 1. The van der Waals surface area contributed by atoms with Crippen molar-refractivity contribution in [2.24, 2.45) is 0 Å². The van der Waals surface area contributed by atoms with Crippen LogP contribution in [0.5, 0.6) is 5.75 Å².